The van der Waals surface area contributed by atoms with Gasteiger partial charge in [-0.15, -0.1) is 0 Å². The Morgan fingerprint density at radius 2 is 2.15 bits per heavy atom. The first kappa shape index (κ1) is 18.6. The van der Waals surface area contributed by atoms with Crippen LogP contribution in [0.15, 0.2) is 30.3 Å². The average molecular weight is 373 g/mol. The Balaban J connectivity index is 1.47. The first-order chi connectivity index (χ1) is 12.9. The van der Waals surface area contributed by atoms with Gasteiger partial charge in [0, 0.05) is 24.8 Å². The maximum atomic E-state index is 13.3. The molecule has 0 bridgehead atoms. The summed E-state index contributed by atoms with van der Waals surface area (Å²) in [5, 5.41) is 9.48. The Morgan fingerprint density at radius 3 is 2.85 bits per heavy atom. The van der Waals surface area contributed by atoms with E-state index in [1.165, 1.54) is 17.0 Å². The van der Waals surface area contributed by atoms with Gasteiger partial charge >= 0.3 is 6.03 Å². The fourth-order valence-corrected chi connectivity index (χ4v) is 2.79. The molecule has 1 aliphatic rings. The molecule has 142 valence electrons. The van der Waals surface area contributed by atoms with Crippen molar-refractivity contribution in [1.82, 2.24) is 25.3 Å². The van der Waals surface area contributed by atoms with Gasteiger partial charge in [0.25, 0.3) is 5.91 Å². The summed E-state index contributed by atoms with van der Waals surface area (Å²) in [6, 6.07) is 7.52. The van der Waals surface area contributed by atoms with E-state index >= 15 is 0 Å². The van der Waals surface area contributed by atoms with Crippen LogP contribution in [-0.2, 0) is 16.0 Å². The first-order valence-electron chi connectivity index (χ1n) is 8.56. The Kier molecular flexibility index (Phi) is 5.49. The van der Waals surface area contributed by atoms with Crippen LogP contribution in [0.2, 0.25) is 0 Å². The third-order valence-electron chi connectivity index (χ3n) is 4.35. The molecule has 1 aromatic heterocycles. The Bertz CT molecular complexity index is 850. The maximum Gasteiger partial charge on any atom is 0.325 e. The highest BCUT2D eigenvalue weighted by atomic mass is 19.1. The summed E-state index contributed by atoms with van der Waals surface area (Å²) in [5.74, 6) is -1.02. The molecular weight excluding hydrogens is 353 g/mol. The molecule has 2 heterocycles. The Morgan fingerprint density at radius 1 is 1.33 bits per heavy atom. The van der Waals surface area contributed by atoms with Gasteiger partial charge in [0.05, 0.1) is 12.2 Å². The van der Waals surface area contributed by atoms with E-state index in [-0.39, 0.29) is 24.8 Å². The third-order valence-corrected chi connectivity index (χ3v) is 4.35. The number of nitrogens with one attached hydrogen (secondary N) is 2. The van der Waals surface area contributed by atoms with Gasteiger partial charge in [0.1, 0.15) is 12.4 Å². The summed E-state index contributed by atoms with van der Waals surface area (Å²) in [6.07, 6.45) is 1.33. The van der Waals surface area contributed by atoms with Crippen LogP contribution in [0, 0.1) is 5.82 Å². The van der Waals surface area contributed by atoms with E-state index in [0.29, 0.717) is 30.6 Å². The number of aromatic amines is 1. The van der Waals surface area contributed by atoms with Crippen molar-refractivity contribution in [3.8, 4) is 11.3 Å². The summed E-state index contributed by atoms with van der Waals surface area (Å²) in [5.41, 5.74) is 2.23. The number of aromatic nitrogens is 2. The number of nitrogens with zero attached hydrogens (tertiary/aromatic N) is 3. The summed E-state index contributed by atoms with van der Waals surface area (Å²) in [6.45, 7) is 0.148. The lowest BCUT2D eigenvalue weighted by Gasteiger charge is -2.19. The standard InChI is InChI=1S/C18H20FN5O3/c1-23(17(26)11-24-16(25)10-20-18(24)27)7-3-6-14-9-15(22-21-14)12-4-2-5-13(19)8-12/h2,4-5,8-9H,3,6-7,10-11H2,1H3,(H,20,27)(H,21,22). The predicted molar refractivity (Wildman–Crippen MR) is 95.1 cm³/mol. The lowest BCUT2D eigenvalue weighted by molar-refractivity contribution is -0.135. The first-order valence-corrected chi connectivity index (χ1v) is 8.56. The molecule has 0 aliphatic carbocycles. The molecule has 0 unspecified atom stereocenters. The fraction of sp³-hybridized carbons (Fsp3) is 0.333. The van der Waals surface area contributed by atoms with Crippen molar-refractivity contribution >= 4 is 17.8 Å². The number of carbonyl (C=O) groups is 3. The molecule has 3 rings (SSSR count). The van der Waals surface area contributed by atoms with E-state index in [4.69, 9.17) is 0 Å². The number of hydrogen-bond donors (Lipinski definition) is 2. The van der Waals surface area contributed by atoms with Crippen molar-refractivity contribution in [3.05, 3.63) is 41.8 Å². The van der Waals surface area contributed by atoms with Crippen LogP contribution in [0.3, 0.4) is 0 Å². The van der Waals surface area contributed by atoms with Gasteiger partial charge in [-0.05, 0) is 31.0 Å². The zero-order chi connectivity index (χ0) is 19.4. The summed E-state index contributed by atoms with van der Waals surface area (Å²) in [4.78, 5) is 37.5. The van der Waals surface area contributed by atoms with E-state index in [0.717, 1.165) is 10.6 Å². The number of benzene rings is 1. The number of rotatable bonds is 7. The van der Waals surface area contributed by atoms with Gasteiger partial charge in [-0.25, -0.2) is 9.18 Å². The van der Waals surface area contributed by atoms with Crippen molar-refractivity contribution in [2.45, 2.75) is 12.8 Å². The van der Waals surface area contributed by atoms with E-state index in [1.54, 1.807) is 19.2 Å². The molecule has 0 saturated carbocycles. The number of imide groups is 1. The molecule has 8 nitrogen and oxygen atoms in total. The number of carbonyl (C=O) groups excluding carboxylic acids is 3. The number of halogens is 1. The molecule has 1 aliphatic heterocycles. The van der Waals surface area contributed by atoms with Gasteiger partial charge in [0.15, 0.2) is 0 Å². The highest BCUT2D eigenvalue weighted by molar-refractivity contribution is 6.04. The molecule has 1 fully saturated rings. The zero-order valence-corrected chi connectivity index (χ0v) is 14.9. The second-order valence-electron chi connectivity index (χ2n) is 6.35. The van der Waals surface area contributed by atoms with Crippen LogP contribution in [0.4, 0.5) is 9.18 Å². The van der Waals surface area contributed by atoms with Crippen LogP contribution in [0.1, 0.15) is 12.1 Å². The molecule has 2 N–H and O–H groups in total. The molecule has 1 aromatic carbocycles. The largest absolute Gasteiger partial charge is 0.344 e. The summed E-state index contributed by atoms with van der Waals surface area (Å²) in [7, 11) is 1.63. The smallest absolute Gasteiger partial charge is 0.325 e. The van der Waals surface area contributed by atoms with Gasteiger partial charge in [-0.2, -0.15) is 5.10 Å². The second kappa shape index (κ2) is 7.98. The molecule has 9 heteroatoms. The van der Waals surface area contributed by atoms with Crippen molar-refractivity contribution in [2.75, 3.05) is 26.7 Å². The van der Waals surface area contributed by atoms with Crippen molar-refractivity contribution in [1.29, 1.82) is 0 Å². The van der Waals surface area contributed by atoms with Crippen LogP contribution < -0.4 is 5.32 Å². The number of urea groups is 1. The van der Waals surface area contributed by atoms with Crippen LogP contribution in [-0.4, -0.2) is 64.5 Å². The topological polar surface area (TPSA) is 98.4 Å². The van der Waals surface area contributed by atoms with Gasteiger partial charge in [-0.3, -0.25) is 19.6 Å². The van der Waals surface area contributed by atoms with Crippen LogP contribution >= 0.6 is 0 Å². The van der Waals surface area contributed by atoms with Gasteiger partial charge in [0.2, 0.25) is 5.91 Å². The van der Waals surface area contributed by atoms with E-state index in [2.05, 4.69) is 15.5 Å². The Labute approximate surface area is 155 Å². The molecule has 1 saturated heterocycles. The highest BCUT2D eigenvalue weighted by Gasteiger charge is 2.30. The number of hydrogen-bond acceptors (Lipinski definition) is 4. The molecule has 0 atom stereocenters. The van der Waals surface area contributed by atoms with E-state index in [9.17, 15) is 18.8 Å². The monoisotopic (exact) mass is 373 g/mol. The molecule has 4 amide bonds. The molecular formula is C18H20FN5O3. The van der Waals surface area contributed by atoms with Crippen LogP contribution in [0.5, 0.6) is 0 Å². The van der Waals surface area contributed by atoms with Crippen molar-refractivity contribution in [2.24, 2.45) is 0 Å². The van der Waals surface area contributed by atoms with E-state index in [1.807, 2.05) is 6.07 Å². The van der Waals surface area contributed by atoms with Crippen molar-refractivity contribution < 1.29 is 18.8 Å². The summed E-state index contributed by atoms with van der Waals surface area (Å²) >= 11 is 0. The van der Waals surface area contributed by atoms with Crippen LogP contribution in [0.25, 0.3) is 11.3 Å². The number of H-pyrrole nitrogens is 1. The van der Waals surface area contributed by atoms with E-state index < -0.39 is 11.9 Å². The SMILES string of the molecule is CN(CCCc1cc(-c2cccc(F)c2)n[nH]1)C(=O)CN1C(=O)CNC1=O. The maximum absolute atomic E-state index is 13.3. The minimum atomic E-state index is -0.538. The van der Waals surface area contributed by atoms with Gasteiger partial charge < -0.3 is 10.2 Å². The lowest BCUT2D eigenvalue weighted by Crippen LogP contribution is -2.42. The number of likely N-dealkylation sites (N-methyl/N-ethyl adjacent to an activating group) is 1. The quantitative estimate of drug-likeness (QED) is 0.712. The fourth-order valence-electron chi connectivity index (χ4n) is 2.79. The second-order valence-corrected chi connectivity index (χ2v) is 6.35. The minimum absolute atomic E-state index is 0.0662. The average Bonchev–Trinajstić information content (AvgIpc) is 3.23. The molecule has 0 radical (unpaired) electrons. The zero-order valence-electron chi connectivity index (χ0n) is 14.9. The Hall–Kier alpha value is -3.23. The number of aryl methyl sites for hydroxylation is 1. The molecule has 27 heavy (non-hydrogen) atoms. The highest BCUT2D eigenvalue weighted by Crippen LogP contribution is 2.19. The van der Waals surface area contributed by atoms with Gasteiger partial charge in [-0.1, -0.05) is 12.1 Å². The minimum Gasteiger partial charge on any atom is -0.344 e. The summed E-state index contributed by atoms with van der Waals surface area (Å²) < 4.78 is 13.3. The normalized spacial score (nSPS) is 13.8. The lowest BCUT2D eigenvalue weighted by atomic mass is 10.1. The molecule has 2 aromatic rings. The predicted octanol–water partition coefficient (Wildman–Crippen LogP) is 1.16. The third kappa shape index (κ3) is 4.49. The van der Waals surface area contributed by atoms with Crippen molar-refractivity contribution in [3.63, 3.8) is 0 Å². The molecule has 0 spiro atoms. The number of amides is 4.